The van der Waals surface area contributed by atoms with E-state index >= 15 is 0 Å². The van der Waals surface area contributed by atoms with Crippen molar-refractivity contribution >= 4 is 39.1 Å². The summed E-state index contributed by atoms with van der Waals surface area (Å²) in [6, 6.07) is 5.73. The van der Waals surface area contributed by atoms with Crippen molar-refractivity contribution in [3.8, 4) is 0 Å². The Labute approximate surface area is 90.4 Å². The van der Waals surface area contributed by atoms with E-state index in [9.17, 15) is 4.79 Å². The molecule has 70 valence electrons. The van der Waals surface area contributed by atoms with E-state index in [1.807, 2.05) is 25.1 Å². The molecule has 4 heteroatoms. The highest BCUT2D eigenvalue weighted by Gasteiger charge is 2.03. The summed E-state index contributed by atoms with van der Waals surface area (Å²) < 4.78 is 0.858. The molecule has 0 aliphatic heterocycles. The quantitative estimate of drug-likeness (QED) is 0.816. The van der Waals surface area contributed by atoms with Crippen LogP contribution in [0.15, 0.2) is 22.7 Å². The SMILES string of the molecule is Cc1ccc(Br)c(NC(=O)CCl)c1. The normalized spacial score (nSPS) is 9.77. The number of aryl methyl sites for hydroxylation is 1. The molecule has 0 spiro atoms. The minimum absolute atomic E-state index is 0.0274. The van der Waals surface area contributed by atoms with Crippen LogP contribution >= 0.6 is 27.5 Å². The van der Waals surface area contributed by atoms with Gasteiger partial charge in [0.05, 0.1) is 5.69 Å². The van der Waals surface area contributed by atoms with Gasteiger partial charge in [-0.25, -0.2) is 0 Å². The van der Waals surface area contributed by atoms with Gasteiger partial charge in [-0.15, -0.1) is 11.6 Å². The standard InChI is InChI=1S/C9H9BrClNO/c1-6-2-3-7(10)8(4-6)12-9(13)5-11/h2-4H,5H2,1H3,(H,12,13). The summed E-state index contributed by atoms with van der Waals surface area (Å²) in [7, 11) is 0. The van der Waals surface area contributed by atoms with Crippen molar-refractivity contribution in [1.29, 1.82) is 0 Å². The second-order valence-corrected chi connectivity index (χ2v) is 3.79. The van der Waals surface area contributed by atoms with Gasteiger partial charge in [-0.05, 0) is 40.5 Å². The molecule has 1 aromatic rings. The lowest BCUT2D eigenvalue weighted by atomic mass is 10.2. The number of alkyl halides is 1. The van der Waals surface area contributed by atoms with Gasteiger partial charge in [0.2, 0.25) is 5.91 Å². The number of amides is 1. The van der Waals surface area contributed by atoms with E-state index in [1.165, 1.54) is 0 Å². The largest absolute Gasteiger partial charge is 0.324 e. The molecular formula is C9H9BrClNO. The van der Waals surface area contributed by atoms with E-state index in [1.54, 1.807) is 0 Å². The number of nitrogens with one attached hydrogen (secondary N) is 1. The highest BCUT2D eigenvalue weighted by atomic mass is 79.9. The van der Waals surface area contributed by atoms with Gasteiger partial charge in [0.15, 0.2) is 0 Å². The third-order valence-electron chi connectivity index (χ3n) is 1.52. The van der Waals surface area contributed by atoms with E-state index in [-0.39, 0.29) is 11.8 Å². The van der Waals surface area contributed by atoms with Crippen LogP contribution in [0.2, 0.25) is 0 Å². The molecule has 13 heavy (non-hydrogen) atoms. The zero-order valence-corrected chi connectivity index (χ0v) is 9.45. The molecule has 0 unspecified atom stereocenters. The summed E-state index contributed by atoms with van der Waals surface area (Å²) >= 11 is 8.70. The zero-order valence-electron chi connectivity index (χ0n) is 7.10. The van der Waals surface area contributed by atoms with E-state index in [2.05, 4.69) is 21.2 Å². The fourth-order valence-corrected chi connectivity index (χ4v) is 1.33. The summed E-state index contributed by atoms with van der Waals surface area (Å²) in [5, 5.41) is 2.68. The molecule has 0 heterocycles. The van der Waals surface area contributed by atoms with Crippen LogP contribution in [-0.4, -0.2) is 11.8 Å². The van der Waals surface area contributed by atoms with Crippen LogP contribution in [0, 0.1) is 6.92 Å². The first kappa shape index (κ1) is 10.5. The van der Waals surface area contributed by atoms with Crippen LogP contribution in [0.1, 0.15) is 5.56 Å². The van der Waals surface area contributed by atoms with Crippen molar-refractivity contribution in [3.63, 3.8) is 0 Å². The van der Waals surface area contributed by atoms with Gasteiger partial charge < -0.3 is 5.32 Å². The van der Waals surface area contributed by atoms with Crippen LogP contribution < -0.4 is 5.32 Å². The average molecular weight is 263 g/mol. The van der Waals surface area contributed by atoms with Crippen LogP contribution in [0.5, 0.6) is 0 Å². The Balaban J connectivity index is 2.87. The molecule has 0 aliphatic carbocycles. The lowest BCUT2D eigenvalue weighted by Gasteiger charge is -2.06. The Morgan fingerprint density at radius 2 is 2.31 bits per heavy atom. The van der Waals surface area contributed by atoms with Gasteiger partial charge in [0.1, 0.15) is 5.88 Å². The van der Waals surface area contributed by atoms with Crippen molar-refractivity contribution in [2.24, 2.45) is 0 Å². The lowest BCUT2D eigenvalue weighted by molar-refractivity contribution is -0.113. The second kappa shape index (κ2) is 4.63. The minimum atomic E-state index is -0.201. The molecule has 0 aliphatic rings. The Bertz CT molecular complexity index is 327. The van der Waals surface area contributed by atoms with Crippen molar-refractivity contribution in [2.75, 3.05) is 11.2 Å². The fraction of sp³-hybridized carbons (Fsp3) is 0.222. The molecule has 0 bridgehead atoms. The van der Waals surface area contributed by atoms with Gasteiger partial charge >= 0.3 is 0 Å². The van der Waals surface area contributed by atoms with E-state index < -0.39 is 0 Å². The van der Waals surface area contributed by atoms with Crippen molar-refractivity contribution in [2.45, 2.75) is 6.92 Å². The summed E-state index contributed by atoms with van der Waals surface area (Å²) in [6.45, 7) is 1.96. The predicted molar refractivity (Wildman–Crippen MR) is 58.2 cm³/mol. The monoisotopic (exact) mass is 261 g/mol. The molecule has 1 rings (SSSR count). The number of carbonyl (C=O) groups excluding carboxylic acids is 1. The summed E-state index contributed by atoms with van der Waals surface area (Å²) in [4.78, 5) is 11.0. The van der Waals surface area contributed by atoms with Crippen molar-refractivity contribution < 1.29 is 4.79 Å². The van der Waals surface area contributed by atoms with E-state index in [0.717, 1.165) is 15.7 Å². The zero-order chi connectivity index (χ0) is 9.84. The lowest BCUT2D eigenvalue weighted by Crippen LogP contribution is -2.12. The van der Waals surface area contributed by atoms with Crippen LogP contribution in [0.3, 0.4) is 0 Å². The Morgan fingerprint density at radius 1 is 1.62 bits per heavy atom. The fourth-order valence-electron chi connectivity index (χ4n) is 0.919. The molecule has 0 saturated heterocycles. The van der Waals surface area contributed by atoms with Crippen LogP contribution in [0.25, 0.3) is 0 Å². The van der Waals surface area contributed by atoms with Gasteiger partial charge in [-0.1, -0.05) is 6.07 Å². The average Bonchev–Trinajstić information content (AvgIpc) is 2.11. The molecule has 0 atom stereocenters. The highest BCUT2D eigenvalue weighted by molar-refractivity contribution is 9.10. The molecular weight excluding hydrogens is 253 g/mol. The van der Waals surface area contributed by atoms with E-state index in [0.29, 0.717) is 0 Å². The first-order valence-corrected chi connectivity index (χ1v) is 5.08. The molecule has 0 radical (unpaired) electrons. The maximum absolute atomic E-state index is 11.0. The van der Waals surface area contributed by atoms with Crippen LogP contribution in [-0.2, 0) is 4.79 Å². The summed E-state index contributed by atoms with van der Waals surface area (Å²) in [6.07, 6.45) is 0. The number of carbonyl (C=O) groups is 1. The number of hydrogen-bond acceptors (Lipinski definition) is 1. The molecule has 1 N–H and O–H groups in total. The smallest absolute Gasteiger partial charge is 0.239 e. The number of halogens is 2. The number of rotatable bonds is 2. The number of benzene rings is 1. The Kier molecular flexibility index (Phi) is 3.75. The predicted octanol–water partition coefficient (Wildman–Crippen LogP) is 2.93. The minimum Gasteiger partial charge on any atom is -0.324 e. The van der Waals surface area contributed by atoms with Gasteiger partial charge in [-0.2, -0.15) is 0 Å². The van der Waals surface area contributed by atoms with Gasteiger partial charge in [0, 0.05) is 4.47 Å². The maximum Gasteiger partial charge on any atom is 0.239 e. The van der Waals surface area contributed by atoms with Crippen molar-refractivity contribution in [3.05, 3.63) is 28.2 Å². The van der Waals surface area contributed by atoms with Crippen LogP contribution in [0.4, 0.5) is 5.69 Å². The molecule has 0 saturated carbocycles. The molecule has 0 aromatic heterocycles. The highest BCUT2D eigenvalue weighted by Crippen LogP contribution is 2.23. The maximum atomic E-state index is 11.0. The Morgan fingerprint density at radius 3 is 2.92 bits per heavy atom. The molecule has 1 aromatic carbocycles. The third kappa shape index (κ3) is 3.01. The van der Waals surface area contributed by atoms with Crippen molar-refractivity contribution in [1.82, 2.24) is 0 Å². The topological polar surface area (TPSA) is 29.1 Å². The third-order valence-corrected chi connectivity index (χ3v) is 2.45. The molecule has 1 amide bonds. The summed E-state index contributed by atoms with van der Waals surface area (Å²) in [5.74, 6) is -0.228. The Hall–Kier alpha value is -0.540. The summed E-state index contributed by atoms with van der Waals surface area (Å²) in [5.41, 5.74) is 1.85. The molecule has 2 nitrogen and oxygen atoms in total. The van der Waals surface area contributed by atoms with Gasteiger partial charge in [0.25, 0.3) is 0 Å². The molecule has 0 fully saturated rings. The first-order valence-electron chi connectivity index (χ1n) is 3.75. The van der Waals surface area contributed by atoms with Gasteiger partial charge in [-0.3, -0.25) is 4.79 Å². The van der Waals surface area contributed by atoms with E-state index in [4.69, 9.17) is 11.6 Å². The number of hydrogen-bond donors (Lipinski definition) is 1. The second-order valence-electron chi connectivity index (χ2n) is 2.67. The number of anilines is 1. The first-order chi connectivity index (χ1) is 6.13.